The maximum absolute atomic E-state index is 10.6. The molecule has 2 aromatic rings. The largest absolute Gasteiger partial charge is 0.298 e. The van der Waals surface area contributed by atoms with E-state index in [9.17, 15) is 4.79 Å². The Labute approximate surface area is 86.3 Å². The number of nitrogens with zero attached hydrogens (tertiary/aromatic N) is 2. The second kappa shape index (κ2) is 3.10. The fourth-order valence-electron chi connectivity index (χ4n) is 1.52. The molecule has 2 rings (SSSR count). The number of halogens is 1. The third-order valence-electron chi connectivity index (χ3n) is 2.33. The summed E-state index contributed by atoms with van der Waals surface area (Å²) in [5.74, 6) is 0. The molecule has 0 bridgehead atoms. The van der Waals surface area contributed by atoms with Crippen LogP contribution in [0.25, 0.3) is 10.9 Å². The lowest BCUT2D eigenvalue weighted by atomic mass is 10.1. The van der Waals surface area contributed by atoms with Gasteiger partial charge in [-0.1, -0.05) is 11.6 Å². The first kappa shape index (κ1) is 9.21. The van der Waals surface area contributed by atoms with Gasteiger partial charge in [0.05, 0.1) is 10.5 Å². The lowest BCUT2D eigenvalue weighted by Gasteiger charge is -1.96. The van der Waals surface area contributed by atoms with Crippen molar-refractivity contribution in [3.8, 4) is 0 Å². The fourth-order valence-corrected chi connectivity index (χ4v) is 1.88. The number of carbonyl (C=O) groups is 1. The summed E-state index contributed by atoms with van der Waals surface area (Å²) in [7, 11) is 1.85. The lowest BCUT2D eigenvalue weighted by molar-refractivity contribution is 0.112. The van der Waals surface area contributed by atoms with Crippen molar-refractivity contribution in [2.45, 2.75) is 6.92 Å². The standard InChI is InChI=1S/C10H9ClN2O/c1-6-10-8(11)3-7(5-14)4-9(10)12-13(6)2/h3-5H,1-2H3. The Morgan fingerprint density at radius 1 is 1.50 bits per heavy atom. The molecule has 14 heavy (non-hydrogen) atoms. The first-order valence-corrected chi connectivity index (χ1v) is 4.59. The van der Waals surface area contributed by atoms with Crippen molar-refractivity contribution in [1.82, 2.24) is 9.78 Å². The molecule has 0 aliphatic carbocycles. The summed E-state index contributed by atoms with van der Waals surface area (Å²) in [6, 6.07) is 3.40. The van der Waals surface area contributed by atoms with Crippen molar-refractivity contribution in [3.05, 3.63) is 28.4 Å². The molecule has 0 N–H and O–H groups in total. The van der Waals surface area contributed by atoms with Gasteiger partial charge in [0.2, 0.25) is 0 Å². The molecule has 1 heterocycles. The highest BCUT2D eigenvalue weighted by molar-refractivity contribution is 6.36. The molecule has 0 amide bonds. The zero-order valence-corrected chi connectivity index (χ0v) is 8.67. The van der Waals surface area contributed by atoms with Gasteiger partial charge in [0.1, 0.15) is 6.29 Å². The van der Waals surface area contributed by atoms with Crippen molar-refractivity contribution in [2.24, 2.45) is 7.05 Å². The van der Waals surface area contributed by atoms with Crippen LogP contribution < -0.4 is 0 Å². The Bertz CT molecular complexity index is 516. The van der Waals surface area contributed by atoms with Crippen LogP contribution in [0.5, 0.6) is 0 Å². The van der Waals surface area contributed by atoms with Crippen molar-refractivity contribution < 1.29 is 4.79 Å². The van der Waals surface area contributed by atoms with Crippen molar-refractivity contribution in [3.63, 3.8) is 0 Å². The van der Waals surface area contributed by atoms with Crippen molar-refractivity contribution in [2.75, 3.05) is 0 Å². The average Bonchev–Trinajstić information content (AvgIpc) is 2.43. The van der Waals surface area contributed by atoms with Gasteiger partial charge in [0.15, 0.2) is 0 Å². The highest BCUT2D eigenvalue weighted by Crippen LogP contribution is 2.26. The zero-order chi connectivity index (χ0) is 10.3. The van der Waals surface area contributed by atoms with E-state index in [0.29, 0.717) is 10.6 Å². The molecule has 1 aromatic carbocycles. The molecule has 72 valence electrons. The molecule has 1 aromatic heterocycles. The van der Waals surface area contributed by atoms with E-state index in [2.05, 4.69) is 5.10 Å². The molecular formula is C10H9ClN2O. The molecule has 3 nitrogen and oxygen atoms in total. The smallest absolute Gasteiger partial charge is 0.150 e. The average molecular weight is 209 g/mol. The maximum Gasteiger partial charge on any atom is 0.150 e. The van der Waals surface area contributed by atoms with Gasteiger partial charge >= 0.3 is 0 Å². The van der Waals surface area contributed by atoms with Gasteiger partial charge in [-0.25, -0.2) is 0 Å². The quantitative estimate of drug-likeness (QED) is 0.675. The monoisotopic (exact) mass is 208 g/mol. The van der Waals surface area contributed by atoms with E-state index in [0.717, 1.165) is 22.9 Å². The highest BCUT2D eigenvalue weighted by Gasteiger charge is 2.09. The summed E-state index contributed by atoms with van der Waals surface area (Å²) in [4.78, 5) is 10.6. The van der Waals surface area contributed by atoms with Gasteiger partial charge in [-0.15, -0.1) is 0 Å². The number of aldehydes is 1. The van der Waals surface area contributed by atoms with Crippen LogP contribution in [0.15, 0.2) is 12.1 Å². The van der Waals surface area contributed by atoms with E-state index in [1.807, 2.05) is 14.0 Å². The predicted octanol–water partition coefficient (Wildman–Crippen LogP) is 2.35. The Hall–Kier alpha value is -1.35. The Morgan fingerprint density at radius 3 is 2.86 bits per heavy atom. The van der Waals surface area contributed by atoms with Crippen LogP contribution in [0, 0.1) is 6.92 Å². The molecule has 0 saturated carbocycles. The van der Waals surface area contributed by atoms with Gasteiger partial charge in [0.25, 0.3) is 0 Å². The fraction of sp³-hybridized carbons (Fsp3) is 0.200. The summed E-state index contributed by atoms with van der Waals surface area (Å²) >= 11 is 6.05. The Morgan fingerprint density at radius 2 is 2.21 bits per heavy atom. The molecule has 0 fully saturated rings. The molecule has 4 heteroatoms. The van der Waals surface area contributed by atoms with Gasteiger partial charge in [-0.3, -0.25) is 9.48 Å². The predicted molar refractivity (Wildman–Crippen MR) is 55.8 cm³/mol. The van der Waals surface area contributed by atoms with Gasteiger partial charge in [-0.2, -0.15) is 5.10 Å². The number of carbonyl (C=O) groups excluding carboxylic acids is 1. The second-order valence-electron chi connectivity index (χ2n) is 3.22. The highest BCUT2D eigenvalue weighted by atomic mass is 35.5. The molecular weight excluding hydrogens is 200 g/mol. The third-order valence-corrected chi connectivity index (χ3v) is 2.63. The maximum atomic E-state index is 10.6. The summed E-state index contributed by atoms with van der Waals surface area (Å²) in [6.45, 7) is 1.95. The minimum Gasteiger partial charge on any atom is -0.298 e. The summed E-state index contributed by atoms with van der Waals surface area (Å²) in [6.07, 6.45) is 0.773. The minimum absolute atomic E-state index is 0.556. The molecule has 0 unspecified atom stereocenters. The second-order valence-corrected chi connectivity index (χ2v) is 3.63. The number of fused-ring (bicyclic) bond motifs is 1. The van der Waals surface area contributed by atoms with Crippen LogP contribution in [-0.4, -0.2) is 16.1 Å². The van der Waals surface area contributed by atoms with Crippen molar-refractivity contribution in [1.29, 1.82) is 0 Å². The first-order valence-electron chi connectivity index (χ1n) is 4.21. The van der Waals surface area contributed by atoms with Crippen LogP contribution in [-0.2, 0) is 7.05 Å². The number of hydrogen-bond donors (Lipinski definition) is 0. The van der Waals surface area contributed by atoms with Gasteiger partial charge in [-0.05, 0) is 19.1 Å². The van der Waals surface area contributed by atoms with Crippen LogP contribution >= 0.6 is 11.6 Å². The number of hydrogen-bond acceptors (Lipinski definition) is 2. The van der Waals surface area contributed by atoms with E-state index >= 15 is 0 Å². The normalized spacial score (nSPS) is 10.8. The van der Waals surface area contributed by atoms with Crippen molar-refractivity contribution >= 4 is 28.8 Å². The third kappa shape index (κ3) is 1.21. The van der Waals surface area contributed by atoms with E-state index in [-0.39, 0.29) is 0 Å². The molecule has 0 spiro atoms. The minimum atomic E-state index is 0.556. The molecule has 0 aliphatic rings. The van der Waals surface area contributed by atoms with Gasteiger partial charge < -0.3 is 0 Å². The molecule has 0 saturated heterocycles. The van der Waals surface area contributed by atoms with E-state index in [4.69, 9.17) is 11.6 Å². The SMILES string of the molecule is Cc1c2c(Cl)cc(C=O)cc2nn1C. The zero-order valence-electron chi connectivity index (χ0n) is 7.91. The number of aryl methyl sites for hydroxylation is 2. The topological polar surface area (TPSA) is 34.9 Å². The lowest BCUT2D eigenvalue weighted by Crippen LogP contribution is -1.91. The van der Waals surface area contributed by atoms with Crippen LogP contribution in [0.3, 0.4) is 0 Å². The summed E-state index contributed by atoms with van der Waals surface area (Å²) in [5.41, 5.74) is 2.32. The Balaban J connectivity index is 2.89. The molecule has 0 radical (unpaired) electrons. The van der Waals surface area contributed by atoms with E-state index in [1.54, 1.807) is 16.8 Å². The summed E-state index contributed by atoms with van der Waals surface area (Å²) in [5, 5.41) is 5.75. The van der Waals surface area contributed by atoms with E-state index < -0.39 is 0 Å². The molecule has 0 atom stereocenters. The Kier molecular flexibility index (Phi) is 2.04. The first-order chi connectivity index (χ1) is 6.63. The van der Waals surface area contributed by atoms with Crippen LogP contribution in [0.2, 0.25) is 5.02 Å². The molecule has 0 aliphatic heterocycles. The van der Waals surface area contributed by atoms with Crippen LogP contribution in [0.4, 0.5) is 0 Å². The summed E-state index contributed by atoms with van der Waals surface area (Å²) < 4.78 is 1.76. The number of aromatic nitrogens is 2. The number of rotatable bonds is 1. The number of benzene rings is 1. The van der Waals surface area contributed by atoms with Crippen LogP contribution in [0.1, 0.15) is 16.1 Å². The van der Waals surface area contributed by atoms with Gasteiger partial charge in [0, 0.05) is 23.7 Å². The van der Waals surface area contributed by atoms with E-state index in [1.165, 1.54) is 0 Å².